The molecule has 1 saturated heterocycles. The van der Waals surface area contributed by atoms with Crippen LogP contribution in [0.25, 0.3) is 0 Å². The maximum atomic E-state index is 14.4. The molecule has 0 radical (unpaired) electrons. The standard InChI is InChI=1S/C16H22Cl2FN3OS/c1-10(2)13-20(15(23)21(19)22(13)24-14(17)18)12-8-6-11(7-9-12)16(3,4)5/h6-10,13-14H,1-5H3. The summed E-state index contributed by atoms with van der Waals surface area (Å²) < 4.78 is 14.7. The zero-order chi connectivity index (χ0) is 18.2. The van der Waals surface area contributed by atoms with Gasteiger partial charge < -0.3 is 0 Å². The van der Waals surface area contributed by atoms with Crippen LogP contribution in [0.3, 0.4) is 0 Å². The van der Waals surface area contributed by atoms with Gasteiger partial charge >= 0.3 is 6.03 Å². The minimum Gasteiger partial charge on any atom is -0.272 e. The molecule has 8 heteroatoms. The Kier molecular flexibility index (Phi) is 5.95. The Balaban J connectivity index is 2.38. The third kappa shape index (κ3) is 3.93. The van der Waals surface area contributed by atoms with Crippen LogP contribution in [0.5, 0.6) is 0 Å². The lowest BCUT2D eigenvalue weighted by Crippen LogP contribution is -2.41. The third-order valence-corrected chi connectivity index (χ3v) is 5.04. The molecule has 1 fully saturated rings. The topological polar surface area (TPSA) is 26.8 Å². The normalized spacial score (nSPS) is 19.9. The number of urea groups is 1. The Labute approximate surface area is 156 Å². The van der Waals surface area contributed by atoms with Gasteiger partial charge in [0.2, 0.25) is 0 Å². The minimum atomic E-state index is -0.875. The highest BCUT2D eigenvalue weighted by Crippen LogP contribution is 2.40. The molecule has 2 amide bonds. The van der Waals surface area contributed by atoms with Crippen molar-refractivity contribution in [3.63, 3.8) is 0 Å². The molecule has 0 N–H and O–H groups in total. The van der Waals surface area contributed by atoms with Crippen molar-refractivity contribution in [3.8, 4) is 0 Å². The second-order valence-corrected chi connectivity index (χ2v) is 9.71. The van der Waals surface area contributed by atoms with Crippen molar-refractivity contribution >= 4 is 46.9 Å². The Hall–Kier alpha value is -0.690. The predicted octanol–water partition coefficient (Wildman–Crippen LogP) is 5.72. The molecule has 0 aromatic heterocycles. The highest BCUT2D eigenvalue weighted by Gasteiger charge is 2.48. The summed E-state index contributed by atoms with van der Waals surface area (Å²) in [5.41, 5.74) is 1.78. The molecule has 1 aliphatic heterocycles. The second kappa shape index (κ2) is 7.28. The molecule has 1 aromatic rings. The average molecular weight is 394 g/mol. The average Bonchev–Trinajstić information content (AvgIpc) is 2.71. The van der Waals surface area contributed by atoms with Crippen molar-refractivity contribution in [3.05, 3.63) is 29.8 Å². The zero-order valence-electron chi connectivity index (χ0n) is 14.3. The number of carbonyl (C=O) groups is 1. The highest BCUT2D eigenvalue weighted by atomic mass is 35.5. The Morgan fingerprint density at radius 1 is 1.17 bits per heavy atom. The number of halogens is 3. The molecule has 134 valence electrons. The van der Waals surface area contributed by atoms with E-state index in [1.54, 1.807) is 0 Å². The number of alkyl halides is 2. The van der Waals surface area contributed by atoms with E-state index in [9.17, 15) is 9.28 Å². The minimum absolute atomic E-state index is 0.00345. The molecule has 1 heterocycles. The number of hydrazine groups is 1. The van der Waals surface area contributed by atoms with E-state index >= 15 is 0 Å². The van der Waals surface area contributed by atoms with Crippen molar-refractivity contribution in [2.24, 2.45) is 5.92 Å². The summed E-state index contributed by atoms with van der Waals surface area (Å²) in [7, 11) is 0. The second-order valence-electron chi connectivity index (χ2n) is 7.04. The lowest BCUT2D eigenvalue weighted by Gasteiger charge is -2.30. The van der Waals surface area contributed by atoms with E-state index in [2.05, 4.69) is 20.8 Å². The number of amides is 2. The van der Waals surface area contributed by atoms with Crippen LogP contribution in [-0.2, 0) is 5.41 Å². The summed E-state index contributed by atoms with van der Waals surface area (Å²) in [5, 5.41) is 0.0742. The molecule has 1 atom stereocenters. The van der Waals surface area contributed by atoms with Crippen molar-refractivity contribution in [2.75, 3.05) is 4.90 Å². The molecule has 1 unspecified atom stereocenters. The smallest absolute Gasteiger partial charge is 0.272 e. The van der Waals surface area contributed by atoms with Crippen LogP contribution in [0.4, 0.5) is 15.0 Å². The summed E-state index contributed by atoms with van der Waals surface area (Å²) in [6.07, 6.45) is -0.520. The van der Waals surface area contributed by atoms with Crippen LogP contribution < -0.4 is 4.90 Å². The number of nitrogens with zero attached hydrogens (tertiary/aromatic N) is 3. The molecule has 24 heavy (non-hydrogen) atoms. The SMILES string of the molecule is CC(C)C1N(c2ccc(C(C)(C)C)cc2)C(=O)N(F)N1SC(Cl)Cl. The van der Waals surface area contributed by atoms with Crippen molar-refractivity contribution < 1.29 is 9.28 Å². The van der Waals surface area contributed by atoms with Crippen LogP contribution in [0.2, 0.25) is 0 Å². The van der Waals surface area contributed by atoms with E-state index in [1.165, 1.54) is 9.31 Å². The fourth-order valence-corrected chi connectivity index (χ4v) is 3.88. The van der Waals surface area contributed by atoms with Gasteiger partial charge in [-0.3, -0.25) is 4.90 Å². The lowest BCUT2D eigenvalue weighted by atomic mass is 9.87. The van der Waals surface area contributed by atoms with E-state index < -0.39 is 16.4 Å². The fourth-order valence-electron chi connectivity index (χ4n) is 2.61. The molecule has 1 aromatic carbocycles. The van der Waals surface area contributed by atoms with Crippen molar-refractivity contribution in [1.29, 1.82) is 0 Å². The van der Waals surface area contributed by atoms with Gasteiger partial charge in [0.25, 0.3) is 0 Å². The largest absolute Gasteiger partial charge is 0.370 e. The van der Waals surface area contributed by atoms with Gasteiger partial charge in [-0.15, -0.1) is 4.41 Å². The molecule has 0 bridgehead atoms. The number of benzene rings is 1. The first-order valence-corrected chi connectivity index (χ1v) is 9.38. The summed E-state index contributed by atoms with van der Waals surface area (Å²) in [6.45, 7) is 10.2. The van der Waals surface area contributed by atoms with E-state index in [1.807, 2.05) is 38.1 Å². The highest BCUT2D eigenvalue weighted by molar-refractivity contribution is 8.00. The molecule has 0 spiro atoms. The first-order chi connectivity index (χ1) is 11.0. The molecular formula is C16H22Cl2FN3OS. The third-order valence-electron chi connectivity index (χ3n) is 3.82. The Bertz CT molecular complexity index is 592. The quantitative estimate of drug-likeness (QED) is 0.371. The van der Waals surface area contributed by atoms with E-state index in [0.29, 0.717) is 5.69 Å². The number of carbonyl (C=O) groups excluding carboxylic acids is 1. The number of anilines is 1. The van der Waals surface area contributed by atoms with Gasteiger partial charge in [-0.1, -0.05) is 79.7 Å². The van der Waals surface area contributed by atoms with Crippen LogP contribution in [-0.4, -0.2) is 26.0 Å². The van der Waals surface area contributed by atoms with Gasteiger partial charge in [-0.2, -0.15) is 0 Å². The van der Waals surface area contributed by atoms with E-state index in [-0.39, 0.29) is 16.6 Å². The fraction of sp³-hybridized carbons (Fsp3) is 0.562. The zero-order valence-corrected chi connectivity index (χ0v) is 16.7. The molecule has 1 aliphatic rings. The maximum Gasteiger partial charge on any atom is 0.370 e. The van der Waals surface area contributed by atoms with E-state index in [0.717, 1.165) is 17.5 Å². The first-order valence-electron chi connectivity index (χ1n) is 7.67. The van der Waals surface area contributed by atoms with Gasteiger partial charge in [0, 0.05) is 5.69 Å². The van der Waals surface area contributed by atoms with Crippen molar-refractivity contribution in [1.82, 2.24) is 9.65 Å². The molecule has 0 saturated carbocycles. The summed E-state index contributed by atoms with van der Waals surface area (Å²) in [6, 6.07) is 6.86. The van der Waals surface area contributed by atoms with Crippen LogP contribution in [0, 0.1) is 5.92 Å². The Morgan fingerprint density at radius 2 is 1.71 bits per heavy atom. The molecule has 0 aliphatic carbocycles. The van der Waals surface area contributed by atoms with Crippen LogP contribution in [0.15, 0.2) is 24.3 Å². The predicted molar refractivity (Wildman–Crippen MR) is 99.5 cm³/mol. The van der Waals surface area contributed by atoms with Gasteiger partial charge in [0.05, 0.1) is 0 Å². The van der Waals surface area contributed by atoms with Crippen LogP contribution >= 0.6 is 35.1 Å². The van der Waals surface area contributed by atoms with E-state index in [4.69, 9.17) is 23.2 Å². The van der Waals surface area contributed by atoms with Gasteiger partial charge in [-0.05, 0) is 41.0 Å². The monoisotopic (exact) mass is 393 g/mol. The summed E-state index contributed by atoms with van der Waals surface area (Å²) >= 11 is 12.4. The first kappa shape index (κ1) is 19.6. The lowest BCUT2D eigenvalue weighted by molar-refractivity contribution is -0.0519. The number of hydrogen-bond donors (Lipinski definition) is 0. The molecular weight excluding hydrogens is 372 g/mol. The summed E-state index contributed by atoms with van der Waals surface area (Å²) in [4.78, 5) is 13.9. The van der Waals surface area contributed by atoms with Gasteiger partial charge in [0.15, 0.2) is 4.17 Å². The molecule has 2 rings (SSSR count). The number of hydrogen-bond acceptors (Lipinski definition) is 3. The van der Waals surface area contributed by atoms with Gasteiger partial charge in [-0.25, -0.2) is 4.79 Å². The van der Waals surface area contributed by atoms with Crippen LogP contribution in [0.1, 0.15) is 40.2 Å². The Morgan fingerprint density at radius 3 is 2.12 bits per heavy atom. The van der Waals surface area contributed by atoms with Gasteiger partial charge in [0.1, 0.15) is 6.17 Å². The summed E-state index contributed by atoms with van der Waals surface area (Å²) in [5.74, 6) is -0.0309. The maximum absolute atomic E-state index is 14.4. The number of rotatable bonds is 4. The molecule has 4 nitrogen and oxygen atoms in total. The van der Waals surface area contributed by atoms with Crippen molar-refractivity contribution in [2.45, 2.75) is 50.4 Å².